The normalized spacial score (nSPS) is 35.0. The third-order valence-electron chi connectivity index (χ3n) is 6.36. The van der Waals surface area contributed by atoms with Crippen LogP contribution in [-0.4, -0.2) is 28.8 Å². The minimum absolute atomic E-state index is 0.139. The number of alkyl halides is 3. The summed E-state index contributed by atoms with van der Waals surface area (Å²) in [4.78, 5) is 15.1. The number of amides is 1. The van der Waals surface area contributed by atoms with Crippen LogP contribution in [0.15, 0.2) is 24.3 Å². The van der Waals surface area contributed by atoms with Crippen LogP contribution in [0.4, 0.5) is 8.78 Å². The molecule has 0 radical (unpaired) electrons. The van der Waals surface area contributed by atoms with E-state index in [0.29, 0.717) is 18.4 Å². The first kappa shape index (κ1) is 18.2. The molecule has 0 N–H and O–H groups in total. The van der Waals surface area contributed by atoms with E-state index in [1.54, 1.807) is 12.1 Å². The van der Waals surface area contributed by atoms with Crippen LogP contribution in [0.5, 0.6) is 5.75 Å². The van der Waals surface area contributed by atoms with Crippen molar-refractivity contribution < 1.29 is 18.3 Å². The SMILES string of the molecule is CN(Cc1ccc(OC(F)F)cc1)C(=O)C12CC3CC(CC(Br)(C3)C1)C2. The molecule has 4 aliphatic carbocycles. The standard InChI is InChI=1S/C20H24BrF2NO2/c1-24(11-13-2-4-16(5-3-13)26-18(22)23)17(25)19-7-14-6-15(8-19)10-20(21,9-14)12-19/h2-5,14-15,18H,6-12H2,1H3. The second-order valence-corrected chi connectivity index (χ2v) is 10.3. The Hall–Kier alpha value is -1.17. The van der Waals surface area contributed by atoms with Gasteiger partial charge in [0.25, 0.3) is 0 Å². The zero-order valence-electron chi connectivity index (χ0n) is 14.9. The van der Waals surface area contributed by atoms with Gasteiger partial charge in [0.2, 0.25) is 5.91 Å². The van der Waals surface area contributed by atoms with Crippen molar-refractivity contribution in [3.05, 3.63) is 29.8 Å². The van der Waals surface area contributed by atoms with Crippen molar-refractivity contribution in [1.82, 2.24) is 4.90 Å². The van der Waals surface area contributed by atoms with Crippen LogP contribution < -0.4 is 4.74 Å². The molecule has 1 amide bonds. The topological polar surface area (TPSA) is 29.5 Å². The molecule has 0 heterocycles. The molecule has 3 nitrogen and oxygen atoms in total. The van der Waals surface area contributed by atoms with Gasteiger partial charge in [-0.05, 0) is 68.1 Å². The maximum absolute atomic E-state index is 13.3. The van der Waals surface area contributed by atoms with E-state index in [1.165, 1.54) is 31.4 Å². The molecule has 5 rings (SSSR count). The van der Waals surface area contributed by atoms with Crippen molar-refractivity contribution in [2.24, 2.45) is 17.3 Å². The van der Waals surface area contributed by atoms with Crippen molar-refractivity contribution in [3.63, 3.8) is 0 Å². The van der Waals surface area contributed by atoms with Crippen LogP contribution in [0, 0.1) is 17.3 Å². The van der Waals surface area contributed by atoms with Crippen molar-refractivity contribution in [2.75, 3.05) is 7.05 Å². The van der Waals surface area contributed by atoms with E-state index in [4.69, 9.17) is 0 Å². The first-order chi connectivity index (χ1) is 12.3. The van der Waals surface area contributed by atoms with E-state index in [1.807, 2.05) is 11.9 Å². The number of hydrogen-bond donors (Lipinski definition) is 0. The van der Waals surface area contributed by atoms with Gasteiger partial charge < -0.3 is 9.64 Å². The Morgan fingerprint density at radius 3 is 2.38 bits per heavy atom. The van der Waals surface area contributed by atoms with Crippen LogP contribution in [0.3, 0.4) is 0 Å². The summed E-state index contributed by atoms with van der Waals surface area (Å²) in [5, 5.41) is 0. The van der Waals surface area contributed by atoms with Gasteiger partial charge in [0.1, 0.15) is 5.75 Å². The molecule has 1 aromatic carbocycles. The number of carbonyl (C=O) groups is 1. The molecule has 142 valence electrons. The summed E-state index contributed by atoms with van der Waals surface area (Å²) in [6.07, 6.45) is 6.65. The maximum Gasteiger partial charge on any atom is 0.387 e. The van der Waals surface area contributed by atoms with Gasteiger partial charge in [-0.25, -0.2) is 0 Å². The van der Waals surface area contributed by atoms with E-state index in [2.05, 4.69) is 20.7 Å². The minimum atomic E-state index is -2.82. The Morgan fingerprint density at radius 2 is 1.85 bits per heavy atom. The van der Waals surface area contributed by atoms with Crippen LogP contribution in [0.2, 0.25) is 0 Å². The summed E-state index contributed by atoms with van der Waals surface area (Å²) >= 11 is 3.96. The second-order valence-electron chi connectivity index (χ2n) is 8.58. The van der Waals surface area contributed by atoms with E-state index in [0.717, 1.165) is 24.8 Å². The van der Waals surface area contributed by atoms with Gasteiger partial charge in [0.15, 0.2) is 0 Å². The minimum Gasteiger partial charge on any atom is -0.435 e. The molecular formula is C20H24BrF2NO2. The van der Waals surface area contributed by atoms with Crippen molar-refractivity contribution in [1.29, 1.82) is 0 Å². The Morgan fingerprint density at radius 1 is 1.23 bits per heavy atom. The molecule has 1 aromatic rings. The van der Waals surface area contributed by atoms with Crippen LogP contribution >= 0.6 is 15.9 Å². The number of nitrogens with zero attached hydrogens (tertiary/aromatic N) is 1. The van der Waals surface area contributed by atoms with Gasteiger partial charge in [-0.2, -0.15) is 8.78 Å². The van der Waals surface area contributed by atoms with Gasteiger partial charge in [0, 0.05) is 17.9 Å². The average molecular weight is 428 g/mol. The lowest BCUT2D eigenvalue weighted by Gasteiger charge is -2.60. The van der Waals surface area contributed by atoms with Crippen molar-refractivity contribution >= 4 is 21.8 Å². The van der Waals surface area contributed by atoms with Crippen molar-refractivity contribution in [3.8, 4) is 5.75 Å². The summed E-state index contributed by atoms with van der Waals surface area (Å²) in [7, 11) is 1.85. The third-order valence-corrected chi connectivity index (χ3v) is 7.29. The molecule has 0 spiro atoms. The molecule has 26 heavy (non-hydrogen) atoms. The number of ether oxygens (including phenoxy) is 1. The lowest BCUT2D eigenvalue weighted by atomic mass is 9.49. The van der Waals surface area contributed by atoms with E-state index in [9.17, 15) is 13.6 Å². The number of hydrogen-bond acceptors (Lipinski definition) is 2. The molecule has 4 saturated carbocycles. The summed E-state index contributed by atoms with van der Waals surface area (Å²) in [6, 6.07) is 6.54. The lowest BCUT2D eigenvalue weighted by molar-refractivity contribution is -0.154. The number of rotatable bonds is 5. The smallest absolute Gasteiger partial charge is 0.387 e. The number of carbonyl (C=O) groups excluding carboxylic acids is 1. The molecule has 2 atom stereocenters. The Kier molecular flexibility index (Phi) is 4.53. The highest BCUT2D eigenvalue weighted by molar-refractivity contribution is 9.10. The quantitative estimate of drug-likeness (QED) is 0.620. The van der Waals surface area contributed by atoms with Crippen LogP contribution in [-0.2, 0) is 11.3 Å². The van der Waals surface area contributed by atoms with E-state index >= 15 is 0 Å². The predicted molar refractivity (Wildman–Crippen MR) is 98.3 cm³/mol. The molecular weight excluding hydrogens is 404 g/mol. The van der Waals surface area contributed by atoms with E-state index < -0.39 is 6.61 Å². The fourth-order valence-electron chi connectivity index (χ4n) is 5.93. The summed E-state index contributed by atoms with van der Waals surface area (Å²) in [5.74, 6) is 1.71. The highest BCUT2D eigenvalue weighted by Gasteiger charge is 2.60. The molecule has 0 aliphatic heterocycles. The van der Waals surface area contributed by atoms with Gasteiger partial charge in [-0.1, -0.05) is 28.1 Å². The molecule has 4 aliphatic rings. The highest BCUT2D eigenvalue weighted by Crippen LogP contribution is 2.64. The summed E-state index contributed by atoms with van der Waals surface area (Å²) in [6.45, 7) is -2.34. The fraction of sp³-hybridized carbons (Fsp3) is 0.650. The fourth-order valence-corrected chi connectivity index (χ4v) is 7.38. The monoisotopic (exact) mass is 427 g/mol. The molecule has 0 saturated heterocycles. The predicted octanol–water partition coefficient (Wildman–Crippen LogP) is 4.98. The van der Waals surface area contributed by atoms with Gasteiger partial charge in [0.05, 0.1) is 5.41 Å². The lowest BCUT2D eigenvalue weighted by Crippen LogP contribution is -2.58. The summed E-state index contributed by atoms with van der Waals surface area (Å²) in [5.41, 5.74) is 0.696. The number of benzene rings is 1. The zero-order chi connectivity index (χ0) is 18.5. The average Bonchev–Trinajstić information content (AvgIpc) is 2.53. The van der Waals surface area contributed by atoms with Crippen molar-refractivity contribution in [2.45, 2.75) is 56.0 Å². The maximum atomic E-state index is 13.3. The zero-order valence-corrected chi connectivity index (χ0v) is 16.5. The van der Waals surface area contributed by atoms with Crippen LogP contribution in [0.25, 0.3) is 0 Å². The Labute approximate surface area is 161 Å². The molecule has 4 bridgehead atoms. The Balaban J connectivity index is 1.45. The van der Waals surface area contributed by atoms with Gasteiger partial charge in [-0.15, -0.1) is 0 Å². The first-order valence-electron chi connectivity index (χ1n) is 9.25. The Bertz CT molecular complexity index is 680. The summed E-state index contributed by atoms with van der Waals surface area (Å²) < 4.78 is 29.0. The van der Waals surface area contributed by atoms with Crippen LogP contribution in [0.1, 0.15) is 44.1 Å². The molecule has 0 aromatic heterocycles. The van der Waals surface area contributed by atoms with Gasteiger partial charge in [-0.3, -0.25) is 4.79 Å². The molecule has 2 unspecified atom stereocenters. The number of halogens is 3. The van der Waals surface area contributed by atoms with E-state index in [-0.39, 0.29) is 21.4 Å². The highest BCUT2D eigenvalue weighted by atomic mass is 79.9. The van der Waals surface area contributed by atoms with Gasteiger partial charge >= 0.3 is 6.61 Å². The first-order valence-corrected chi connectivity index (χ1v) is 10.0. The second kappa shape index (κ2) is 6.47. The largest absolute Gasteiger partial charge is 0.435 e. The molecule has 6 heteroatoms. The molecule has 4 fully saturated rings. The third kappa shape index (κ3) is 3.37.